The summed E-state index contributed by atoms with van der Waals surface area (Å²) in [5, 5.41) is 0. The van der Waals surface area contributed by atoms with Crippen molar-refractivity contribution < 1.29 is 4.79 Å². The fraction of sp³-hybridized carbons (Fsp3) is 0.500. The van der Waals surface area contributed by atoms with E-state index in [0.717, 1.165) is 24.0 Å². The summed E-state index contributed by atoms with van der Waals surface area (Å²) in [7, 11) is 0. The lowest BCUT2D eigenvalue weighted by atomic mass is 10.1. The van der Waals surface area contributed by atoms with Gasteiger partial charge in [0.25, 0.3) is 5.91 Å². The number of rotatable bonds is 5. The zero-order valence-corrected chi connectivity index (χ0v) is 12.8. The molecule has 0 aromatic heterocycles. The Morgan fingerprint density at radius 2 is 2.10 bits per heavy atom. The highest BCUT2D eigenvalue weighted by atomic mass is 32.1. The van der Waals surface area contributed by atoms with E-state index in [-0.39, 0.29) is 5.91 Å². The molecule has 0 aliphatic heterocycles. The van der Waals surface area contributed by atoms with E-state index in [0.29, 0.717) is 24.0 Å². The number of thiocarbonyl (C=S) groups is 1. The molecule has 1 aliphatic carbocycles. The van der Waals surface area contributed by atoms with E-state index in [2.05, 4.69) is 0 Å². The van der Waals surface area contributed by atoms with Gasteiger partial charge in [0.1, 0.15) is 0 Å². The van der Waals surface area contributed by atoms with E-state index in [4.69, 9.17) is 18.0 Å². The van der Waals surface area contributed by atoms with Crippen LogP contribution in [0.25, 0.3) is 0 Å². The molecule has 2 rings (SSSR count). The summed E-state index contributed by atoms with van der Waals surface area (Å²) in [5.41, 5.74) is 7.47. The second kappa shape index (κ2) is 6.84. The highest BCUT2D eigenvalue weighted by Gasteiger charge is 2.27. The molecule has 4 heteroatoms. The van der Waals surface area contributed by atoms with Gasteiger partial charge in [-0.25, -0.2) is 0 Å². The maximum absolute atomic E-state index is 12.7. The second-order valence-electron chi connectivity index (χ2n) is 5.52. The summed E-state index contributed by atoms with van der Waals surface area (Å²) in [6.07, 6.45) is 5.19. The number of nitrogens with two attached hydrogens (primary N) is 1. The van der Waals surface area contributed by atoms with Crippen molar-refractivity contribution in [1.29, 1.82) is 0 Å². The van der Waals surface area contributed by atoms with Crippen molar-refractivity contribution in [2.24, 2.45) is 5.73 Å². The number of aryl methyl sites for hydroxylation is 1. The van der Waals surface area contributed by atoms with Crippen LogP contribution in [-0.4, -0.2) is 28.4 Å². The summed E-state index contributed by atoms with van der Waals surface area (Å²) in [6, 6.07) is 8.12. The third kappa shape index (κ3) is 3.79. The van der Waals surface area contributed by atoms with Crippen LogP contribution in [0.5, 0.6) is 0 Å². The number of carbonyl (C=O) groups is 1. The minimum Gasteiger partial charge on any atom is -0.393 e. The van der Waals surface area contributed by atoms with Crippen LogP contribution in [0.2, 0.25) is 0 Å². The summed E-state index contributed by atoms with van der Waals surface area (Å²) < 4.78 is 0. The fourth-order valence-corrected chi connectivity index (χ4v) is 2.93. The van der Waals surface area contributed by atoms with Crippen molar-refractivity contribution in [3.8, 4) is 0 Å². The van der Waals surface area contributed by atoms with Crippen LogP contribution in [0.4, 0.5) is 0 Å². The topological polar surface area (TPSA) is 46.3 Å². The van der Waals surface area contributed by atoms with Crippen LogP contribution < -0.4 is 5.73 Å². The van der Waals surface area contributed by atoms with Crippen molar-refractivity contribution in [3.63, 3.8) is 0 Å². The van der Waals surface area contributed by atoms with E-state index in [9.17, 15) is 4.79 Å². The monoisotopic (exact) mass is 290 g/mol. The predicted octanol–water partition coefficient (Wildman–Crippen LogP) is 3.06. The molecule has 2 N–H and O–H groups in total. The van der Waals surface area contributed by atoms with Crippen molar-refractivity contribution in [1.82, 2.24) is 4.90 Å². The average Bonchev–Trinajstić information content (AvgIpc) is 2.92. The molecule has 0 unspecified atom stereocenters. The standard InChI is InChI=1S/C16H22N2OS/c1-12-5-4-6-13(11-12)16(19)18(10-9-15(17)20)14-7-2-3-8-14/h4-6,11,14H,2-3,7-10H2,1H3,(H2,17,20). The molecule has 3 nitrogen and oxygen atoms in total. The maximum atomic E-state index is 12.7. The summed E-state index contributed by atoms with van der Waals surface area (Å²) in [5.74, 6) is 0.108. The largest absolute Gasteiger partial charge is 0.393 e. The van der Waals surface area contributed by atoms with Gasteiger partial charge in [-0.2, -0.15) is 0 Å². The SMILES string of the molecule is Cc1cccc(C(=O)N(CCC(N)=S)C2CCCC2)c1. The Balaban J connectivity index is 2.16. The highest BCUT2D eigenvalue weighted by molar-refractivity contribution is 7.80. The van der Waals surface area contributed by atoms with E-state index >= 15 is 0 Å². The van der Waals surface area contributed by atoms with Gasteiger partial charge < -0.3 is 10.6 Å². The van der Waals surface area contributed by atoms with E-state index in [1.54, 1.807) is 0 Å². The van der Waals surface area contributed by atoms with Gasteiger partial charge in [0, 0.05) is 24.6 Å². The molecule has 0 heterocycles. The molecule has 108 valence electrons. The first kappa shape index (κ1) is 15.0. The molecule has 1 fully saturated rings. The average molecular weight is 290 g/mol. The first-order valence-electron chi connectivity index (χ1n) is 7.24. The highest BCUT2D eigenvalue weighted by Crippen LogP contribution is 2.25. The van der Waals surface area contributed by atoms with Crippen LogP contribution in [0.1, 0.15) is 48.0 Å². The fourth-order valence-electron chi connectivity index (χ4n) is 2.84. The summed E-state index contributed by atoms with van der Waals surface area (Å²) >= 11 is 4.95. The lowest BCUT2D eigenvalue weighted by molar-refractivity contribution is 0.0687. The molecular formula is C16H22N2OS. The quantitative estimate of drug-likeness (QED) is 0.848. The number of hydrogen-bond acceptors (Lipinski definition) is 2. The Hall–Kier alpha value is -1.42. The predicted molar refractivity (Wildman–Crippen MR) is 85.9 cm³/mol. The molecule has 1 aromatic carbocycles. The zero-order valence-electron chi connectivity index (χ0n) is 12.0. The lowest BCUT2D eigenvalue weighted by Gasteiger charge is -2.29. The normalized spacial score (nSPS) is 15.2. The Kier molecular flexibility index (Phi) is 5.12. The zero-order chi connectivity index (χ0) is 14.5. The Morgan fingerprint density at radius 1 is 1.40 bits per heavy atom. The molecule has 1 aromatic rings. The smallest absolute Gasteiger partial charge is 0.254 e. The molecule has 0 radical (unpaired) electrons. The van der Waals surface area contributed by atoms with Gasteiger partial charge in [-0.15, -0.1) is 0 Å². The van der Waals surface area contributed by atoms with Crippen LogP contribution in [0.15, 0.2) is 24.3 Å². The number of nitrogens with zero attached hydrogens (tertiary/aromatic N) is 1. The van der Waals surface area contributed by atoms with Crippen molar-refractivity contribution in [2.75, 3.05) is 6.54 Å². The van der Waals surface area contributed by atoms with Crippen molar-refractivity contribution in [3.05, 3.63) is 35.4 Å². The van der Waals surface area contributed by atoms with Gasteiger partial charge in [0.2, 0.25) is 0 Å². The minimum atomic E-state index is 0.108. The van der Waals surface area contributed by atoms with Gasteiger partial charge in [0.15, 0.2) is 0 Å². The minimum absolute atomic E-state index is 0.108. The first-order chi connectivity index (χ1) is 9.58. The lowest BCUT2D eigenvalue weighted by Crippen LogP contribution is -2.40. The molecule has 1 aliphatic rings. The molecule has 20 heavy (non-hydrogen) atoms. The Bertz CT molecular complexity index is 495. The third-order valence-corrected chi connectivity index (χ3v) is 4.09. The van der Waals surface area contributed by atoms with Gasteiger partial charge >= 0.3 is 0 Å². The molecule has 1 amide bonds. The number of benzene rings is 1. The van der Waals surface area contributed by atoms with E-state index < -0.39 is 0 Å². The third-order valence-electron chi connectivity index (χ3n) is 3.89. The Morgan fingerprint density at radius 3 is 2.70 bits per heavy atom. The van der Waals surface area contributed by atoms with Gasteiger partial charge in [-0.1, -0.05) is 42.8 Å². The Labute approximate surface area is 126 Å². The number of hydrogen-bond donors (Lipinski definition) is 1. The molecule has 0 atom stereocenters. The first-order valence-corrected chi connectivity index (χ1v) is 7.64. The second-order valence-corrected chi connectivity index (χ2v) is 6.05. The van der Waals surface area contributed by atoms with Crippen molar-refractivity contribution in [2.45, 2.75) is 45.1 Å². The molecule has 0 saturated heterocycles. The van der Waals surface area contributed by atoms with E-state index in [1.807, 2.05) is 36.1 Å². The van der Waals surface area contributed by atoms with Crippen LogP contribution in [0, 0.1) is 6.92 Å². The summed E-state index contributed by atoms with van der Waals surface area (Å²) in [4.78, 5) is 15.2. The van der Waals surface area contributed by atoms with Crippen molar-refractivity contribution >= 4 is 23.1 Å². The number of amides is 1. The van der Waals surface area contributed by atoms with Crippen LogP contribution in [0.3, 0.4) is 0 Å². The molecule has 0 bridgehead atoms. The molecular weight excluding hydrogens is 268 g/mol. The van der Waals surface area contributed by atoms with Crippen LogP contribution in [-0.2, 0) is 0 Å². The molecule has 1 saturated carbocycles. The van der Waals surface area contributed by atoms with E-state index in [1.165, 1.54) is 12.8 Å². The number of carbonyl (C=O) groups excluding carboxylic acids is 1. The molecule has 0 spiro atoms. The van der Waals surface area contributed by atoms with Gasteiger partial charge in [-0.05, 0) is 31.9 Å². The van der Waals surface area contributed by atoms with Crippen LogP contribution >= 0.6 is 12.2 Å². The summed E-state index contributed by atoms with van der Waals surface area (Å²) in [6.45, 7) is 2.64. The maximum Gasteiger partial charge on any atom is 0.254 e. The van der Waals surface area contributed by atoms with Gasteiger partial charge in [0.05, 0.1) is 4.99 Å². The van der Waals surface area contributed by atoms with Gasteiger partial charge in [-0.3, -0.25) is 4.79 Å².